The van der Waals surface area contributed by atoms with Crippen molar-refractivity contribution in [3.05, 3.63) is 75.1 Å². The number of hydrogen-bond donors (Lipinski definition) is 3. The summed E-state index contributed by atoms with van der Waals surface area (Å²) in [4.78, 5) is 39.8. The van der Waals surface area contributed by atoms with Gasteiger partial charge < -0.3 is 19.8 Å². The SMILES string of the molecule is Cc1cn([C@H]2C[C@H](NC(=O)Nc3cccc4ccccc34)[C@@H](CO[Si](C)(C)C(C)(C)C)O2)c(=O)[nH]c1=O. The van der Waals surface area contributed by atoms with Crippen molar-refractivity contribution in [3.63, 3.8) is 0 Å². The summed E-state index contributed by atoms with van der Waals surface area (Å²) in [5.74, 6) is 0. The van der Waals surface area contributed by atoms with Crippen LogP contribution in [-0.4, -0.2) is 42.7 Å². The number of hydrogen-bond acceptors (Lipinski definition) is 5. The topological polar surface area (TPSA) is 114 Å². The van der Waals surface area contributed by atoms with Crippen LogP contribution in [0.4, 0.5) is 10.5 Å². The minimum atomic E-state index is -2.09. The van der Waals surface area contributed by atoms with E-state index in [1.54, 1.807) is 6.92 Å². The highest BCUT2D eigenvalue weighted by Crippen LogP contribution is 2.37. The molecular weight excluding hydrogens is 488 g/mol. The Morgan fingerprint density at radius 1 is 1.16 bits per heavy atom. The van der Waals surface area contributed by atoms with Gasteiger partial charge in [-0.3, -0.25) is 14.3 Å². The molecule has 4 rings (SSSR count). The fraction of sp³-hybridized carbons (Fsp3) is 0.444. The predicted molar refractivity (Wildman–Crippen MR) is 148 cm³/mol. The Kier molecular flexibility index (Phi) is 7.45. The first-order chi connectivity index (χ1) is 17.4. The minimum Gasteiger partial charge on any atom is -0.414 e. The first kappa shape index (κ1) is 26.8. The number of aromatic amines is 1. The van der Waals surface area contributed by atoms with E-state index in [2.05, 4.69) is 49.5 Å². The molecule has 1 aliphatic rings. The summed E-state index contributed by atoms with van der Waals surface area (Å²) in [6.07, 6.45) is 0.714. The zero-order valence-electron chi connectivity index (χ0n) is 22.3. The number of benzene rings is 2. The lowest BCUT2D eigenvalue weighted by Gasteiger charge is -2.37. The van der Waals surface area contributed by atoms with Crippen LogP contribution in [0.5, 0.6) is 0 Å². The Bertz CT molecular complexity index is 1400. The average Bonchev–Trinajstić information content (AvgIpc) is 3.21. The number of carbonyl (C=O) groups is 1. The molecule has 0 saturated carbocycles. The van der Waals surface area contributed by atoms with Crippen LogP contribution in [0.2, 0.25) is 18.1 Å². The number of carbonyl (C=O) groups excluding carboxylic acids is 1. The van der Waals surface area contributed by atoms with Crippen molar-refractivity contribution in [2.24, 2.45) is 0 Å². The van der Waals surface area contributed by atoms with E-state index in [4.69, 9.17) is 9.16 Å². The van der Waals surface area contributed by atoms with Crippen LogP contribution in [0.25, 0.3) is 10.8 Å². The molecule has 1 aromatic heterocycles. The molecule has 10 heteroatoms. The third kappa shape index (κ3) is 5.87. The van der Waals surface area contributed by atoms with E-state index in [1.165, 1.54) is 10.8 Å². The summed E-state index contributed by atoms with van der Waals surface area (Å²) < 4.78 is 14.1. The molecule has 1 saturated heterocycles. The molecule has 3 N–H and O–H groups in total. The van der Waals surface area contributed by atoms with Gasteiger partial charge in [0.05, 0.1) is 18.3 Å². The standard InChI is InChI=1S/C27H36N4O5Si/c1-17-15-31(26(34)30-24(17)32)23-14-21(22(36-23)16-35-37(5,6)27(2,3)4)29-25(33)28-20-13-9-11-18-10-7-8-12-19(18)20/h7-13,15,21-23H,14,16H2,1-6H3,(H2,28,29,33)(H,30,32,34)/t21-,22+,23+/m0/s1. The van der Waals surface area contributed by atoms with Crippen molar-refractivity contribution < 1.29 is 14.0 Å². The first-order valence-corrected chi connectivity index (χ1v) is 15.4. The summed E-state index contributed by atoms with van der Waals surface area (Å²) in [5.41, 5.74) is 0.127. The van der Waals surface area contributed by atoms with Crippen molar-refractivity contribution in [1.29, 1.82) is 0 Å². The highest BCUT2D eigenvalue weighted by Gasteiger charge is 2.42. The number of anilines is 1. The Hall–Kier alpha value is -3.21. The number of aromatic nitrogens is 2. The molecule has 0 unspecified atom stereocenters. The number of nitrogens with zero attached hydrogens (tertiary/aromatic N) is 1. The van der Waals surface area contributed by atoms with Gasteiger partial charge in [-0.2, -0.15) is 0 Å². The molecule has 198 valence electrons. The normalized spacial score (nSPS) is 20.2. The lowest BCUT2D eigenvalue weighted by Crippen LogP contribution is -2.48. The maximum atomic E-state index is 13.1. The summed E-state index contributed by atoms with van der Waals surface area (Å²) >= 11 is 0. The molecule has 0 spiro atoms. The Balaban J connectivity index is 1.55. The van der Waals surface area contributed by atoms with Crippen molar-refractivity contribution >= 4 is 30.8 Å². The molecule has 2 aromatic carbocycles. The second-order valence-electron chi connectivity index (χ2n) is 11.1. The lowest BCUT2D eigenvalue weighted by molar-refractivity contribution is -0.0259. The Morgan fingerprint density at radius 3 is 2.59 bits per heavy atom. The van der Waals surface area contributed by atoms with Crippen molar-refractivity contribution in [2.45, 2.75) is 70.6 Å². The van der Waals surface area contributed by atoms with E-state index in [0.29, 0.717) is 17.7 Å². The summed E-state index contributed by atoms with van der Waals surface area (Å²) in [6, 6.07) is 12.8. The number of aryl methyl sites for hydroxylation is 1. The van der Waals surface area contributed by atoms with Gasteiger partial charge >= 0.3 is 11.7 Å². The van der Waals surface area contributed by atoms with Gasteiger partial charge in [0.1, 0.15) is 12.3 Å². The number of nitrogens with one attached hydrogen (secondary N) is 3. The predicted octanol–water partition coefficient (Wildman–Crippen LogP) is 4.50. The average molecular weight is 525 g/mol. The number of rotatable bonds is 6. The summed E-state index contributed by atoms with van der Waals surface area (Å²) in [6.45, 7) is 12.7. The molecule has 2 heterocycles. The maximum Gasteiger partial charge on any atom is 0.330 e. The molecule has 37 heavy (non-hydrogen) atoms. The molecule has 2 amide bonds. The second kappa shape index (κ2) is 10.3. The molecule has 9 nitrogen and oxygen atoms in total. The van der Waals surface area contributed by atoms with Crippen LogP contribution in [0.1, 0.15) is 39.0 Å². The van der Waals surface area contributed by atoms with E-state index in [9.17, 15) is 14.4 Å². The van der Waals surface area contributed by atoms with Gasteiger partial charge in [-0.15, -0.1) is 0 Å². The third-order valence-electron chi connectivity index (χ3n) is 7.46. The fourth-order valence-electron chi connectivity index (χ4n) is 4.18. The van der Waals surface area contributed by atoms with Gasteiger partial charge in [-0.25, -0.2) is 9.59 Å². The zero-order chi connectivity index (χ0) is 27.0. The lowest BCUT2D eigenvalue weighted by atomic mass is 10.1. The van der Waals surface area contributed by atoms with Gasteiger partial charge in [0, 0.05) is 23.6 Å². The molecule has 0 bridgehead atoms. The van der Waals surface area contributed by atoms with E-state index < -0.39 is 37.9 Å². The molecule has 3 aromatic rings. The molecule has 0 aliphatic carbocycles. The van der Waals surface area contributed by atoms with E-state index >= 15 is 0 Å². The van der Waals surface area contributed by atoms with Crippen LogP contribution in [0.15, 0.2) is 58.3 Å². The Morgan fingerprint density at radius 2 is 1.86 bits per heavy atom. The van der Waals surface area contributed by atoms with E-state index in [0.717, 1.165) is 10.8 Å². The van der Waals surface area contributed by atoms with Gasteiger partial charge in [-0.05, 0) is 36.5 Å². The van der Waals surface area contributed by atoms with Crippen molar-refractivity contribution in [1.82, 2.24) is 14.9 Å². The summed E-state index contributed by atoms with van der Waals surface area (Å²) in [5, 5.41) is 7.96. The monoisotopic (exact) mass is 524 g/mol. The first-order valence-electron chi connectivity index (χ1n) is 12.5. The highest BCUT2D eigenvalue weighted by atomic mass is 28.4. The van der Waals surface area contributed by atoms with Gasteiger partial charge in [0.2, 0.25) is 0 Å². The smallest absolute Gasteiger partial charge is 0.330 e. The van der Waals surface area contributed by atoms with Crippen LogP contribution < -0.4 is 21.9 Å². The van der Waals surface area contributed by atoms with Gasteiger partial charge in [0.25, 0.3) is 5.56 Å². The molecule has 0 radical (unpaired) electrons. The molecule has 1 aliphatic heterocycles. The Labute approximate surface area is 217 Å². The van der Waals surface area contributed by atoms with Crippen molar-refractivity contribution in [3.8, 4) is 0 Å². The molecule has 3 atom stereocenters. The second-order valence-corrected chi connectivity index (χ2v) is 16.0. The number of ether oxygens (including phenoxy) is 1. The van der Waals surface area contributed by atoms with Gasteiger partial charge in [-0.1, -0.05) is 57.2 Å². The fourth-order valence-corrected chi connectivity index (χ4v) is 5.19. The maximum absolute atomic E-state index is 13.1. The zero-order valence-corrected chi connectivity index (χ0v) is 23.3. The van der Waals surface area contributed by atoms with Crippen LogP contribution in [0.3, 0.4) is 0 Å². The van der Waals surface area contributed by atoms with Crippen LogP contribution in [0, 0.1) is 6.92 Å². The molecular formula is C27H36N4O5Si. The van der Waals surface area contributed by atoms with Crippen molar-refractivity contribution in [2.75, 3.05) is 11.9 Å². The summed E-state index contributed by atoms with van der Waals surface area (Å²) in [7, 11) is -2.09. The van der Waals surface area contributed by atoms with Gasteiger partial charge in [0.15, 0.2) is 8.32 Å². The third-order valence-corrected chi connectivity index (χ3v) is 12.0. The van der Waals surface area contributed by atoms with E-state index in [-0.39, 0.29) is 17.7 Å². The molecule has 1 fully saturated rings. The quantitative estimate of drug-likeness (QED) is 0.411. The van der Waals surface area contributed by atoms with Crippen LogP contribution >= 0.6 is 0 Å². The highest BCUT2D eigenvalue weighted by molar-refractivity contribution is 6.74. The van der Waals surface area contributed by atoms with Crippen LogP contribution in [-0.2, 0) is 9.16 Å². The number of H-pyrrole nitrogens is 1. The number of amides is 2. The largest absolute Gasteiger partial charge is 0.414 e. The van der Waals surface area contributed by atoms with E-state index in [1.807, 2.05) is 42.5 Å². The number of fused-ring (bicyclic) bond motifs is 1. The minimum absolute atomic E-state index is 0.00659. The number of urea groups is 1.